The number of carbonyl (C=O) groups is 1. The minimum Gasteiger partial charge on any atom is -0.497 e. The first-order chi connectivity index (χ1) is 17.1. The second kappa shape index (κ2) is 9.74. The normalized spacial score (nSPS) is 18.7. The molecule has 2 aliphatic rings. The van der Waals surface area contributed by atoms with E-state index in [9.17, 15) is 4.79 Å². The van der Waals surface area contributed by atoms with Gasteiger partial charge in [-0.25, -0.2) is 19.2 Å². The molecule has 180 valence electrons. The Bertz CT molecular complexity index is 1240. The van der Waals surface area contributed by atoms with Crippen LogP contribution >= 0.6 is 0 Å². The lowest BCUT2D eigenvalue weighted by Crippen LogP contribution is -2.48. The van der Waals surface area contributed by atoms with Crippen LogP contribution in [0.4, 0.5) is 9.18 Å². The Kier molecular flexibility index (Phi) is 6.35. The van der Waals surface area contributed by atoms with Gasteiger partial charge < -0.3 is 19.7 Å². The van der Waals surface area contributed by atoms with Gasteiger partial charge in [0.05, 0.1) is 20.3 Å². The number of rotatable bonds is 6. The van der Waals surface area contributed by atoms with Gasteiger partial charge in [-0.05, 0) is 54.2 Å². The van der Waals surface area contributed by atoms with E-state index in [0.717, 1.165) is 35.3 Å². The molecule has 3 aromatic rings. The summed E-state index contributed by atoms with van der Waals surface area (Å²) in [6, 6.07) is 13.2. The van der Waals surface area contributed by atoms with E-state index < -0.39 is 0 Å². The predicted molar refractivity (Wildman–Crippen MR) is 130 cm³/mol. The number of fused-ring (bicyclic) bond motifs is 2. The summed E-state index contributed by atoms with van der Waals surface area (Å²) in [5, 5.41) is 3.04. The Labute approximate surface area is 203 Å². The molecule has 1 N–H and O–H groups in total. The van der Waals surface area contributed by atoms with Crippen molar-refractivity contribution in [1.29, 1.82) is 0 Å². The number of aromatic nitrogens is 2. The number of benzene rings is 2. The first-order valence-electron chi connectivity index (χ1n) is 11.6. The van der Waals surface area contributed by atoms with E-state index in [1.54, 1.807) is 31.6 Å². The molecule has 2 bridgehead atoms. The van der Waals surface area contributed by atoms with Gasteiger partial charge >= 0.3 is 12.0 Å². The van der Waals surface area contributed by atoms with Crippen molar-refractivity contribution in [2.45, 2.75) is 37.9 Å². The minimum atomic E-state index is -0.329. The Morgan fingerprint density at radius 1 is 1.06 bits per heavy atom. The van der Waals surface area contributed by atoms with Gasteiger partial charge in [-0.3, -0.25) is 0 Å². The molecule has 35 heavy (non-hydrogen) atoms. The van der Waals surface area contributed by atoms with E-state index >= 15 is 4.39 Å². The standard InChI is InChI=1S/C27H27FN4O3/c1-34-23-8-3-17(4-9-23)14-31-27(33)32-21-6-7-22(32)12-19(11-21)18-5-10-24(25(28)13-18)20-15-29-26(35-2)30-16-20/h3-5,8-11,13,15-16,21-22H,6-7,12,14H2,1-2H3,(H,31,33). The van der Waals surface area contributed by atoms with Crippen LogP contribution in [0.15, 0.2) is 60.9 Å². The van der Waals surface area contributed by atoms with Crippen molar-refractivity contribution in [2.24, 2.45) is 0 Å². The summed E-state index contributed by atoms with van der Waals surface area (Å²) >= 11 is 0. The molecule has 2 aliphatic heterocycles. The van der Waals surface area contributed by atoms with Crippen molar-refractivity contribution in [3.8, 4) is 22.9 Å². The molecule has 0 radical (unpaired) electrons. The molecule has 3 heterocycles. The number of hydrogen-bond donors (Lipinski definition) is 1. The molecular weight excluding hydrogens is 447 g/mol. The van der Waals surface area contributed by atoms with Crippen LogP contribution in [0.1, 0.15) is 30.4 Å². The third-order valence-electron chi connectivity index (χ3n) is 6.69. The number of carbonyl (C=O) groups excluding carboxylic acids is 1. The fraction of sp³-hybridized carbons (Fsp3) is 0.296. The summed E-state index contributed by atoms with van der Waals surface area (Å²) in [5.41, 5.74) is 3.96. The van der Waals surface area contributed by atoms with Crippen molar-refractivity contribution in [3.05, 3.63) is 77.9 Å². The maximum absolute atomic E-state index is 15.0. The zero-order chi connectivity index (χ0) is 24.4. The van der Waals surface area contributed by atoms with Crippen LogP contribution < -0.4 is 14.8 Å². The quantitative estimate of drug-likeness (QED) is 0.554. The van der Waals surface area contributed by atoms with Crippen molar-refractivity contribution in [1.82, 2.24) is 20.2 Å². The molecule has 1 aromatic heterocycles. The Hall–Kier alpha value is -3.94. The summed E-state index contributed by atoms with van der Waals surface area (Å²) in [6.07, 6.45) is 7.76. The average Bonchev–Trinajstić information content (AvgIpc) is 3.16. The number of halogens is 1. The van der Waals surface area contributed by atoms with E-state index in [0.29, 0.717) is 24.1 Å². The monoisotopic (exact) mass is 474 g/mol. The van der Waals surface area contributed by atoms with Gasteiger partial charge in [-0.1, -0.05) is 30.3 Å². The summed E-state index contributed by atoms with van der Waals surface area (Å²) in [5.74, 6) is 0.456. The van der Waals surface area contributed by atoms with Gasteiger partial charge in [0.2, 0.25) is 0 Å². The molecule has 0 aliphatic carbocycles. The maximum Gasteiger partial charge on any atom is 0.318 e. The number of nitrogens with zero attached hydrogens (tertiary/aromatic N) is 3. The highest BCUT2D eigenvalue weighted by Gasteiger charge is 2.39. The Morgan fingerprint density at radius 2 is 1.83 bits per heavy atom. The zero-order valence-electron chi connectivity index (χ0n) is 19.7. The highest BCUT2D eigenvalue weighted by atomic mass is 19.1. The number of nitrogens with one attached hydrogen (secondary N) is 1. The molecule has 2 unspecified atom stereocenters. The van der Waals surface area contributed by atoms with Crippen LogP contribution in [-0.2, 0) is 6.54 Å². The highest BCUT2D eigenvalue weighted by Crippen LogP contribution is 2.39. The van der Waals surface area contributed by atoms with E-state index in [1.165, 1.54) is 7.11 Å². The second-order valence-corrected chi connectivity index (χ2v) is 8.76. The van der Waals surface area contributed by atoms with Gasteiger partial charge in [-0.2, -0.15) is 0 Å². The molecule has 2 atom stereocenters. The van der Waals surface area contributed by atoms with Crippen LogP contribution in [-0.4, -0.2) is 47.2 Å². The van der Waals surface area contributed by atoms with Crippen LogP contribution in [0.5, 0.6) is 11.8 Å². The highest BCUT2D eigenvalue weighted by molar-refractivity contribution is 5.79. The van der Waals surface area contributed by atoms with Gasteiger partial charge in [0.25, 0.3) is 0 Å². The van der Waals surface area contributed by atoms with Crippen molar-refractivity contribution >= 4 is 11.6 Å². The number of ether oxygens (including phenoxy) is 2. The smallest absolute Gasteiger partial charge is 0.318 e. The van der Waals surface area contributed by atoms with E-state index in [-0.39, 0.29) is 29.9 Å². The van der Waals surface area contributed by atoms with Gasteiger partial charge in [-0.15, -0.1) is 0 Å². The minimum absolute atomic E-state index is 0.0114. The van der Waals surface area contributed by atoms with E-state index in [2.05, 4.69) is 21.4 Å². The van der Waals surface area contributed by atoms with Gasteiger partial charge in [0.15, 0.2) is 0 Å². The average molecular weight is 475 g/mol. The fourth-order valence-corrected chi connectivity index (χ4v) is 4.88. The Morgan fingerprint density at radius 3 is 2.49 bits per heavy atom. The molecule has 7 nitrogen and oxygen atoms in total. The molecule has 2 aromatic carbocycles. The summed E-state index contributed by atoms with van der Waals surface area (Å²) in [7, 11) is 3.12. The van der Waals surface area contributed by atoms with Crippen molar-refractivity contribution < 1.29 is 18.7 Å². The van der Waals surface area contributed by atoms with Crippen molar-refractivity contribution in [3.63, 3.8) is 0 Å². The van der Waals surface area contributed by atoms with Crippen molar-refractivity contribution in [2.75, 3.05) is 14.2 Å². The Balaban J connectivity index is 1.28. The first kappa shape index (κ1) is 22.8. The van der Waals surface area contributed by atoms with Crippen LogP contribution in [0, 0.1) is 5.82 Å². The molecular formula is C27H27FN4O3. The molecule has 0 spiro atoms. The lowest BCUT2D eigenvalue weighted by atomic mass is 9.93. The predicted octanol–water partition coefficient (Wildman–Crippen LogP) is 4.83. The van der Waals surface area contributed by atoms with E-state index in [4.69, 9.17) is 9.47 Å². The molecule has 1 saturated heterocycles. The summed E-state index contributed by atoms with van der Waals surface area (Å²) < 4.78 is 25.2. The molecule has 5 rings (SSSR count). The number of urea groups is 1. The third kappa shape index (κ3) is 4.69. The molecule has 8 heteroatoms. The lowest BCUT2D eigenvalue weighted by Gasteiger charge is -2.34. The number of amides is 2. The van der Waals surface area contributed by atoms with Crippen LogP contribution in [0.2, 0.25) is 0 Å². The molecule has 1 fully saturated rings. The number of methoxy groups -OCH3 is 2. The van der Waals surface area contributed by atoms with Crippen LogP contribution in [0.25, 0.3) is 16.7 Å². The second-order valence-electron chi connectivity index (χ2n) is 8.76. The SMILES string of the molecule is COc1ccc(CNC(=O)N2C3C=C(c4ccc(-c5cnc(OC)nc5)c(F)c4)CC2CC3)cc1. The largest absolute Gasteiger partial charge is 0.497 e. The summed E-state index contributed by atoms with van der Waals surface area (Å²) in [4.78, 5) is 23.0. The topological polar surface area (TPSA) is 76.6 Å². The molecule has 2 amide bonds. The van der Waals surface area contributed by atoms with Gasteiger partial charge in [0, 0.05) is 36.1 Å². The number of hydrogen-bond acceptors (Lipinski definition) is 5. The first-order valence-corrected chi connectivity index (χ1v) is 11.6. The molecule has 0 saturated carbocycles. The van der Waals surface area contributed by atoms with E-state index in [1.807, 2.05) is 35.2 Å². The third-order valence-corrected chi connectivity index (χ3v) is 6.69. The maximum atomic E-state index is 15.0. The fourth-order valence-electron chi connectivity index (χ4n) is 4.88. The van der Waals surface area contributed by atoms with Crippen LogP contribution in [0.3, 0.4) is 0 Å². The zero-order valence-corrected chi connectivity index (χ0v) is 19.7. The summed E-state index contributed by atoms with van der Waals surface area (Å²) in [6.45, 7) is 0.455. The lowest BCUT2D eigenvalue weighted by molar-refractivity contribution is 0.179. The van der Waals surface area contributed by atoms with Gasteiger partial charge in [0.1, 0.15) is 11.6 Å².